The third-order valence-corrected chi connectivity index (χ3v) is 2.66. The Hall–Kier alpha value is -1.07. The van der Waals surface area contributed by atoms with Crippen molar-refractivity contribution < 1.29 is 19.4 Å². The number of carbonyl (C=O) groups excluding carboxylic acids is 1. The van der Waals surface area contributed by atoms with Gasteiger partial charge in [0.15, 0.2) is 0 Å². The zero-order chi connectivity index (χ0) is 13.8. The molecular formula is C13H23NO4. The first-order valence-electron chi connectivity index (χ1n) is 6.20. The van der Waals surface area contributed by atoms with E-state index in [0.29, 0.717) is 19.6 Å². The molecule has 2 atom stereocenters. The van der Waals surface area contributed by atoms with Crippen molar-refractivity contribution in [2.45, 2.75) is 44.9 Å². The molecule has 1 N–H and O–H groups in total. The van der Waals surface area contributed by atoms with Gasteiger partial charge in [0.05, 0.1) is 31.9 Å². The Balaban J connectivity index is 2.58. The van der Waals surface area contributed by atoms with Gasteiger partial charge in [-0.15, -0.1) is 6.58 Å². The van der Waals surface area contributed by atoms with Crippen LogP contribution in [0.2, 0.25) is 0 Å². The second-order valence-electron chi connectivity index (χ2n) is 5.45. The second kappa shape index (κ2) is 6.20. The second-order valence-corrected chi connectivity index (χ2v) is 5.45. The summed E-state index contributed by atoms with van der Waals surface area (Å²) in [6.45, 7) is 9.87. The lowest BCUT2D eigenvalue weighted by molar-refractivity contribution is 0.0145. The molecule has 0 aromatic rings. The highest BCUT2D eigenvalue weighted by Gasteiger charge is 2.37. The zero-order valence-electron chi connectivity index (χ0n) is 11.4. The van der Waals surface area contributed by atoms with E-state index in [0.717, 1.165) is 0 Å². The lowest BCUT2D eigenvalue weighted by Crippen LogP contribution is -2.41. The molecule has 0 aliphatic carbocycles. The summed E-state index contributed by atoms with van der Waals surface area (Å²) in [5, 5.41) is 9.30. The molecule has 1 aliphatic heterocycles. The summed E-state index contributed by atoms with van der Waals surface area (Å²) in [6, 6.07) is -0.227. The van der Waals surface area contributed by atoms with Crippen molar-refractivity contribution >= 4 is 6.09 Å². The molecule has 0 bridgehead atoms. The van der Waals surface area contributed by atoms with Gasteiger partial charge in [0, 0.05) is 0 Å². The minimum atomic E-state index is -0.531. The maximum absolute atomic E-state index is 12.0. The van der Waals surface area contributed by atoms with Gasteiger partial charge in [-0.3, -0.25) is 0 Å². The van der Waals surface area contributed by atoms with Gasteiger partial charge in [0.2, 0.25) is 0 Å². The molecule has 1 heterocycles. The fraction of sp³-hybridized carbons (Fsp3) is 0.769. The van der Waals surface area contributed by atoms with E-state index in [1.54, 1.807) is 11.0 Å². The molecule has 1 rings (SSSR count). The predicted molar refractivity (Wildman–Crippen MR) is 68.4 cm³/mol. The molecule has 0 spiro atoms. The third-order valence-electron chi connectivity index (χ3n) is 2.66. The van der Waals surface area contributed by atoms with E-state index in [1.807, 2.05) is 20.8 Å². The number of ether oxygens (including phenoxy) is 2. The van der Waals surface area contributed by atoms with Crippen LogP contribution in [0.15, 0.2) is 12.7 Å². The van der Waals surface area contributed by atoms with E-state index in [-0.39, 0.29) is 18.8 Å². The summed E-state index contributed by atoms with van der Waals surface area (Å²) in [7, 11) is 0. The van der Waals surface area contributed by atoms with Crippen molar-refractivity contribution in [3.63, 3.8) is 0 Å². The van der Waals surface area contributed by atoms with Crippen molar-refractivity contribution in [2.75, 3.05) is 19.8 Å². The van der Waals surface area contributed by atoms with E-state index in [2.05, 4.69) is 6.58 Å². The summed E-state index contributed by atoms with van der Waals surface area (Å²) >= 11 is 0. The van der Waals surface area contributed by atoms with Crippen LogP contribution >= 0.6 is 0 Å². The zero-order valence-corrected chi connectivity index (χ0v) is 11.4. The van der Waals surface area contributed by atoms with Crippen LogP contribution in [0.4, 0.5) is 4.79 Å². The van der Waals surface area contributed by atoms with E-state index >= 15 is 0 Å². The van der Waals surface area contributed by atoms with Crippen LogP contribution in [-0.4, -0.2) is 53.6 Å². The van der Waals surface area contributed by atoms with Crippen molar-refractivity contribution in [1.82, 2.24) is 4.90 Å². The van der Waals surface area contributed by atoms with Crippen LogP contribution in [0, 0.1) is 0 Å². The van der Waals surface area contributed by atoms with Gasteiger partial charge in [-0.05, 0) is 27.2 Å². The first-order valence-corrected chi connectivity index (χ1v) is 6.20. The molecule has 18 heavy (non-hydrogen) atoms. The number of hydrogen-bond acceptors (Lipinski definition) is 4. The van der Waals surface area contributed by atoms with Crippen molar-refractivity contribution in [1.29, 1.82) is 0 Å². The Labute approximate surface area is 108 Å². The molecule has 1 aliphatic rings. The summed E-state index contributed by atoms with van der Waals surface area (Å²) in [4.78, 5) is 13.5. The highest BCUT2D eigenvalue weighted by molar-refractivity contribution is 5.69. The molecule has 1 unspecified atom stereocenters. The van der Waals surface area contributed by atoms with E-state index in [9.17, 15) is 9.90 Å². The van der Waals surface area contributed by atoms with Crippen molar-refractivity contribution in [3.8, 4) is 0 Å². The number of aliphatic hydroxyl groups is 1. The average Bonchev–Trinajstić information content (AvgIpc) is 2.67. The molecule has 5 heteroatoms. The number of carbonyl (C=O) groups is 1. The van der Waals surface area contributed by atoms with Crippen molar-refractivity contribution in [3.05, 3.63) is 12.7 Å². The number of nitrogens with zero attached hydrogens (tertiary/aromatic N) is 1. The highest BCUT2D eigenvalue weighted by atomic mass is 16.6. The number of hydrogen-bond donors (Lipinski definition) is 1. The number of rotatable bonds is 4. The maximum Gasteiger partial charge on any atom is 0.410 e. The number of aliphatic hydroxyl groups excluding tert-OH is 1. The Bertz CT molecular complexity index is 298. The topological polar surface area (TPSA) is 59.0 Å². The molecule has 0 aromatic carbocycles. The smallest absolute Gasteiger partial charge is 0.410 e. The van der Waals surface area contributed by atoms with Gasteiger partial charge in [-0.25, -0.2) is 4.79 Å². The molecule has 5 nitrogen and oxygen atoms in total. The van der Waals surface area contributed by atoms with Gasteiger partial charge < -0.3 is 19.5 Å². The largest absolute Gasteiger partial charge is 0.444 e. The van der Waals surface area contributed by atoms with Crippen LogP contribution in [0.3, 0.4) is 0 Å². The summed E-state index contributed by atoms with van der Waals surface area (Å²) < 4.78 is 10.8. The standard InChI is InChI=1S/C13H23NO4/c1-5-6-17-11-7-10(9-15)14(8-11)12(16)18-13(2,3)4/h5,10-11,15H,1,6-9H2,2-4H3/t10?,11-/m1/s1. The molecule has 104 valence electrons. The first kappa shape index (κ1) is 15.0. The quantitative estimate of drug-likeness (QED) is 0.776. The highest BCUT2D eigenvalue weighted by Crippen LogP contribution is 2.22. The number of amides is 1. The Morgan fingerprint density at radius 2 is 2.22 bits per heavy atom. The lowest BCUT2D eigenvalue weighted by atomic mass is 10.2. The van der Waals surface area contributed by atoms with Gasteiger partial charge in [-0.2, -0.15) is 0 Å². The van der Waals surface area contributed by atoms with Crippen LogP contribution in [0.5, 0.6) is 0 Å². The third kappa shape index (κ3) is 4.31. The molecule has 0 aromatic heterocycles. The van der Waals surface area contributed by atoms with E-state index in [1.165, 1.54) is 0 Å². The van der Waals surface area contributed by atoms with Crippen LogP contribution in [-0.2, 0) is 9.47 Å². The minimum absolute atomic E-state index is 0.0623. The SMILES string of the molecule is C=CCO[C@@H]1CC(CO)N(C(=O)OC(C)(C)C)C1. The Morgan fingerprint density at radius 1 is 1.56 bits per heavy atom. The minimum Gasteiger partial charge on any atom is -0.444 e. The molecular weight excluding hydrogens is 234 g/mol. The molecule has 0 saturated carbocycles. The van der Waals surface area contributed by atoms with Gasteiger partial charge in [-0.1, -0.05) is 6.08 Å². The van der Waals surface area contributed by atoms with Gasteiger partial charge >= 0.3 is 6.09 Å². The fourth-order valence-electron chi connectivity index (χ4n) is 1.92. The molecule has 1 amide bonds. The van der Waals surface area contributed by atoms with Crippen LogP contribution < -0.4 is 0 Å². The van der Waals surface area contributed by atoms with Gasteiger partial charge in [0.1, 0.15) is 5.60 Å². The number of likely N-dealkylation sites (tertiary alicyclic amines) is 1. The predicted octanol–water partition coefficient (Wildman–Crippen LogP) is 1.56. The fourth-order valence-corrected chi connectivity index (χ4v) is 1.92. The molecule has 1 saturated heterocycles. The summed E-state index contributed by atoms with van der Waals surface area (Å²) in [6.07, 6.45) is 1.84. The van der Waals surface area contributed by atoms with E-state index in [4.69, 9.17) is 9.47 Å². The van der Waals surface area contributed by atoms with Crippen molar-refractivity contribution in [2.24, 2.45) is 0 Å². The van der Waals surface area contributed by atoms with Crippen LogP contribution in [0.1, 0.15) is 27.2 Å². The maximum atomic E-state index is 12.0. The molecule has 1 fully saturated rings. The summed E-state index contributed by atoms with van der Waals surface area (Å²) in [5.74, 6) is 0. The van der Waals surface area contributed by atoms with Gasteiger partial charge in [0.25, 0.3) is 0 Å². The Morgan fingerprint density at radius 3 is 2.72 bits per heavy atom. The Kier molecular flexibility index (Phi) is 5.16. The summed E-state index contributed by atoms with van der Waals surface area (Å²) in [5.41, 5.74) is -0.531. The monoisotopic (exact) mass is 257 g/mol. The molecule has 0 radical (unpaired) electrons. The normalized spacial score (nSPS) is 24.1. The van der Waals surface area contributed by atoms with E-state index < -0.39 is 11.7 Å². The first-order chi connectivity index (χ1) is 8.37. The lowest BCUT2D eigenvalue weighted by Gasteiger charge is -2.27. The van der Waals surface area contributed by atoms with Crippen LogP contribution in [0.25, 0.3) is 0 Å². The average molecular weight is 257 g/mol.